The Labute approximate surface area is 142 Å². The number of nitrogens with zero attached hydrogens (tertiary/aromatic N) is 4. The summed E-state index contributed by atoms with van der Waals surface area (Å²) in [5.74, 6) is 1.63. The molecule has 24 heavy (non-hydrogen) atoms. The monoisotopic (exact) mass is 366 g/mol. The average Bonchev–Trinajstić information content (AvgIpc) is 2.49. The van der Waals surface area contributed by atoms with Crippen LogP contribution >= 0.6 is 0 Å². The molecule has 0 saturated heterocycles. The standard InChI is InChI=1S/C12H24N6O.H2O4S/c1-5-8-13-10-15-11(14-9-6-2)17-12(16-10)18(4)19-7-3;1-5(2,3)4/h5-9H2,1-4H3,(H2,13,14,15,16,17);(H2,1,2,3,4). The van der Waals surface area contributed by atoms with Gasteiger partial charge in [-0.25, -0.2) is 5.06 Å². The van der Waals surface area contributed by atoms with Gasteiger partial charge in [0.15, 0.2) is 0 Å². The minimum absolute atomic E-state index is 0.494. The fourth-order valence-electron chi connectivity index (χ4n) is 1.39. The first-order chi connectivity index (χ1) is 11.2. The number of nitrogens with one attached hydrogen (secondary N) is 2. The third-order valence-electron chi connectivity index (χ3n) is 2.29. The first kappa shape index (κ1) is 22.2. The third-order valence-corrected chi connectivity index (χ3v) is 2.29. The Morgan fingerprint density at radius 1 is 1.00 bits per heavy atom. The lowest BCUT2D eigenvalue weighted by atomic mass is 10.5. The van der Waals surface area contributed by atoms with E-state index in [1.165, 1.54) is 0 Å². The first-order valence-electron chi connectivity index (χ1n) is 7.51. The molecule has 0 aliphatic rings. The van der Waals surface area contributed by atoms with Crippen molar-refractivity contribution in [1.29, 1.82) is 0 Å². The Morgan fingerprint density at radius 2 is 1.42 bits per heavy atom. The van der Waals surface area contributed by atoms with Crippen molar-refractivity contribution in [2.75, 3.05) is 42.4 Å². The summed E-state index contributed by atoms with van der Waals surface area (Å²) < 4.78 is 31.6. The van der Waals surface area contributed by atoms with E-state index in [1.54, 1.807) is 12.1 Å². The topological polar surface area (TPSA) is 150 Å². The van der Waals surface area contributed by atoms with Gasteiger partial charge in [-0.2, -0.15) is 23.4 Å². The summed E-state index contributed by atoms with van der Waals surface area (Å²) in [7, 11) is -2.88. The molecule has 140 valence electrons. The lowest BCUT2D eigenvalue weighted by molar-refractivity contribution is 0.131. The van der Waals surface area contributed by atoms with Crippen molar-refractivity contribution in [2.24, 2.45) is 0 Å². The predicted octanol–water partition coefficient (Wildman–Crippen LogP) is 1.25. The predicted molar refractivity (Wildman–Crippen MR) is 91.6 cm³/mol. The maximum atomic E-state index is 8.74. The van der Waals surface area contributed by atoms with Gasteiger partial charge in [0.1, 0.15) is 0 Å². The van der Waals surface area contributed by atoms with Gasteiger partial charge in [-0.15, -0.1) is 0 Å². The van der Waals surface area contributed by atoms with E-state index in [2.05, 4.69) is 39.4 Å². The number of anilines is 3. The minimum Gasteiger partial charge on any atom is -0.354 e. The smallest absolute Gasteiger partial charge is 0.354 e. The number of aromatic nitrogens is 3. The van der Waals surface area contributed by atoms with Crippen LogP contribution in [0.4, 0.5) is 17.8 Å². The Kier molecular flexibility index (Phi) is 10.9. The van der Waals surface area contributed by atoms with Crippen LogP contribution in [0.2, 0.25) is 0 Å². The van der Waals surface area contributed by atoms with E-state index < -0.39 is 10.4 Å². The Bertz CT molecular complexity index is 537. The lowest BCUT2D eigenvalue weighted by Crippen LogP contribution is -2.22. The Morgan fingerprint density at radius 3 is 1.75 bits per heavy atom. The van der Waals surface area contributed by atoms with E-state index in [-0.39, 0.29) is 0 Å². The van der Waals surface area contributed by atoms with Gasteiger partial charge in [0.05, 0.1) is 6.61 Å². The fraction of sp³-hybridized carbons (Fsp3) is 0.750. The van der Waals surface area contributed by atoms with Crippen LogP contribution in [-0.2, 0) is 15.2 Å². The minimum atomic E-state index is -4.67. The molecule has 0 unspecified atom stereocenters. The molecule has 0 aliphatic heterocycles. The highest BCUT2D eigenvalue weighted by molar-refractivity contribution is 7.79. The summed E-state index contributed by atoms with van der Waals surface area (Å²) in [6.45, 7) is 8.33. The van der Waals surface area contributed by atoms with Crippen LogP contribution in [0.1, 0.15) is 33.6 Å². The Hall–Kier alpha value is -1.76. The zero-order valence-electron chi connectivity index (χ0n) is 14.4. The van der Waals surface area contributed by atoms with Crippen molar-refractivity contribution in [3.63, 3.8) is 0 Å². The van der Waals surface area contributed by atoms with Crippen LogP contribution in [0.25, 0.3) is 0 Å². The van der Waals surface area contributed by atoms with Gasteiger partial charge < -0.3 is 10.6 Å². The Balaban J connectivity index is 0.000000922. The second-order valence-corrected chi connectivity index (χ2v) is 5.39. The molecule has 0 aromatic carbocycles. The van der Waals surface area contributed by atoms with Gasteiger partial charge in [0.25, 0.3) is 5.95 Å². The number of hydroxylamine groups is 1. The van der Waals surface area contributed by atoms with E-state index in [1.807, 2.05) is 6.92 Å². The molecule has 1 heterocycles. The second-order valence-electron chi connectivity index (χ2n) is 4.50. The summed E-state index contributed by atoms with van der Waals surface area (Å²) in [6, 6.07) is 0. The molecule has 1 aromatic heterocycles. The largest absolute Gasteiger partial charge is 0.394 e. The van der Waals surface area contributed by atoms with Crippen LogP contribution in [0.3, 0.4) is 0 Å². The van der Waals surface area contributed by atoms with Crippen molar-refractivity contribution >= 4 is 28.2 Å². The van der Waals surface area contributed by atoms with Crippen molar-refractivity contribution in [1.82, 2.24) is 15.0 Å². The number of rotatable bonds is 9. The second kappa shape index (κ2) is 11.7. The molecular formula is C12H26N6O5S. The zero-order valence-corrected chi connectivity index (χ0v) is 15.2. The number of hydrogen-bond donors (Lipinski definition) is 4. The summed E-state index contributed by atoms with van der Waals surface area (Å²) in [5, 5.41) is 7.88. The molecule has 0 amide bonds. The summed E-state index contributed by atoms with van der Waals surface area (Å²) in [5.41, 5.74) is 0. The lowest BCUT2D eigenvalue weighted by Gasteiger charge is -2.17. The van der Waals surface area contributed by atoms with E-state index in [4.69, 9.17) is 22.4 Å². The molecule has 0 aliphatic carbocycles. The molecule has 0 atom stereocenters. The fourth-order valence-corrected chi connectivity index (χ4v) is 1.39. The van der Waals surface area contributed by atoms with E-state index in [0.29, 0.717) is 24.5 Å². The molecule has 4 N–H and O–H groups in total. The van der Waals surface area contributed by atoms with E-state index >= 15 is 0 Å². The van der Waals surface area contributed by atoms with Gasteiger partial charge in [0.2, 0.25) is 11.9 Å². The molecule has 0 radical (unpaired) electrons. The molecular weight excluding hydrogens is 340 g/mol. The van der Waals surface area contributed by atoms with Gasteiger partial charge >= 0.3 is 10.4 Å². The highest BCUT2D eigenvalue weighted by Gasteiger charge is 2.10. The van der Waals surface area contributed by atoms with Crippen LogP contribution in [0.15, 0.2) is 0 Å². The van der Waals surface area contributed by atoms with Crippen LogP contribution in [-0.4, -0.2) is 59.2 Å². The maximum absolute atomic E-state index is 8.74. The van der Waals surface area contributed by atoms with Gasteiger partial charge in [-0.3, -0.25) is 13.9 Å². The van der Waals surface area contributed by atoms with Crippen molar-refractivity contribution in [2.45, 2.75) is 33.6 Å². The third kappa shape index (κ3) is 11.8. The normalized spacial score (nSPS) is 10.6. The first-order valence-corrected chi connectivity index (χ1v) is 8.91. The molecule has 0 saturated carbocycles. The average molecular weight is 366 g/mol. The van der Waals surface area contributed by atoms with Gasteiger partial charge in [-0.05, 0) is 19.8 Å². The summed E-state index contributed by atoms with van der Waals surface area (Å²) in [6.07, 6.45) is 2.03. The zero-order chi connectivity index (χ0) is 18.6. The van der Waals surface area contributed by atoms with Gasteiger partial charge in [0, 0.05) is 20.1 Å². The molecule has 0 fully saturated rings. The molecule has 1 rings (SSSR count). The quantitative estimate of drug-likeness (QED) is 0.369. The van der Waals surface area contributed by atoms with Crippen molar-refractivity contribution in [3.8, 4) is 0 Å². The van der Waals surface area contributed by atoms with Crippen LogP contribution < -0.4 is 15.7 Å². The van der Waals surface area contributed by atoms with E-state index in [9.17, 15) is 0 Å². The van der Waals surface area contributed by atoms with Crippen LogP contribution in [0, 0.1) is 0 Å². The van der Waals surface area contributed by atoms with Crippen molar-refractivity contribution in [3.05, 3.63) is 0 Å². The van der Waals surface area contributed by atoms with E-state index in [0.717, 1.165) is 25.9 Å². The molecule has 1 aromatic rings. The van der Waals surface area contributed by atoms with Crippen molar-refractivity contribution < 1.29 is 22.4 Å². The highest BCUT2D eigenvalue weighted by Crippen LogP contribution is 2.12. The highest BCUT2D eigenvalue weighted by atomic mass is 32.3. The number of hydrogen-bond acceptors (Lipinski definition) is 9. The molecule has 11 nitrogen and oxygen atoms in total. The molecule has 0 spiro atoms. The van der Waals surface area contributed by atoms with Gasteiger partial charge in [-0.1, -0.05) is 13.8 Å². The molecule has 0 bridgehead atoms. The molecule has 12 heteroatoms. The summed E-state index contributed by atoms with van der Waals surface area (Å²) in [4.78, 5) is 18.3. The maximum Gasteiger partial charge on any atom is 0.394 e. The summed E-state index contributed by atoms with van der Waals surface area (Å²) >= 11 is 0. The SMILES string of the molecule is CCCNc1nc(NCCC)nc(N(C)OCC)n1.O=S(=O)(O)O. The van der Waals surface area contributed by atoms with Crippen LogP contribution in [0.5, 0.6) is 0 Å².